The lowest BCUT2D eigenvalue weighted by Gasteiger charge is -2.32. The van der Waals surface area contributed by atoms with Gasteiger partial charge in [-0.25, -0.2) is 4.39 Å². The summed E-state index contributed by atoms with van der Waals surface area (Å²) in [7, 11) is 0. The maximum absolute atomic E-state index is 13.3. The molecule has 0 atom stereocenters. The molecule has 0 aliphatic rings. The van der Waals surface area contributed by atoms with Gasteiger partial charge in [0.25, 0.3) is 0 Å². The van der Waals surface area contributed by atoms with Crippen LogP contribution in [0.4, 0.5) is 49.6 Å². The Morgan fingerprint density at radius 3 is 1.83 bits per heavy atom. The summed E-state index contributed by atoms with van der Waals surface area (Å²) in [5.41, 5.74) is -1.19. The summed E-state index contributed by atoms with van der Waals surface area (Å²) in [6.07, 6.45) is -7.06. The number of alkyl halides is 9. The van der Waals surface area contributed by atoms with Crippen molar-refractivity contribution in [3.63, 3.8) is 0 Å². The second-order valence-electron chi connectivity index (χ2n) is 4.30. The Morgan fingerprint density at radius 2 is 1.42 bits per heavy atom. The van der Waals surface area contributed by atoms with Gasteiger partial charge in [0.05, 0.1) is 5.69 Å². The second kappa shape index (κ2) is 5.97. The van der Waals surface area contributed by atoms with Crippen LogP contribution in [0.5, 0.6) is 0 Å². The van der Waals surface area contributed by atoms with Gasteiger partial charge in [-0.3, -0.25) is 4.79 Å². The van der Waals surface area contributed by atoms with Crippen LogP contribution in [0, 0.1) is 5.82 Å². The number of nitrogens with one attached hydrogen (secondary N) is 1. The largest absolute Gasteiger partial charge is 0.460 e. The molecule has 2 nitrogen and oxygen atoms in total. The molecule has 0 aliphatic carbocycles. The molecular weight excluding hydrogens is 388 g/mol. The Morgan fingerprint density at radius 1 is 0.917 bits per heavy atom. The number of anilines is 1. The normalized spacial score (nSPS) is 13.8. The molecule has 1 aromatic rings. The zero-order chi connectivity index (χ0) is 19.1. The molecule has 0 saturated carbocycles. The summed E-state index contributed by atoms with van der Waals surface area (Å²) in [5, 5.41) is 0.504. The summed E-state index contributed by atoms with van der Waals surface area (Å²) >= 11 is 5.28. The van der Waals surface area contributed by atoms with Crippen LogP contribution in [0.25, 0.3) is 0 Å². The molecule has 0 saturated heterocycles. The van der Waals surface area contributed by atoms with Gasteiger partial charge in [-0.2, -0.15) is 39.5 Å². The molecule has 1 aromatic carbocycles. The van der Waals surface area contributed by atoms with E-state index in [2.05, 4.69) is 0 Å². The van der Waals surface area contributed by atoms with E-state index < -0.39 is 41.4 Å². The number of halogens is 11. The lowest BCUT2D eigenvalue weighted by Crippen LogP contribution is -2.64. The first kappa shape index (κ1) is 20.3. The van der Waals surface area contributed by atoms with Crippen LogP contribution in [0.1, 0.15) is 0 Å². The Labute approximate surface area is 131 Å². The van der Waals surface area contributed by atoms with Crippen LogP contribution >= 0.6 is 11.6 Å². The Bertz CT molecular complexity index is 642. The lowest BCUT2D eigenvalue weighted by atomic mass is 10.0. The summed E-state index contributed by atoms with van der Waals surface area (Å²) in [6.45, 7) is 0. The van der Waals surface area contributed by atoms with Gasteiger partial charge in [0.1, 0.15) is 5.82 Å². The predicted octanol–water partition coefficient (Wildman–Crippen LogP) is 4.89. The number of carbonyl (C=O) groups is 1. The van der Waals surface area contributed by atoms with E-state index >= 15 is 0 Å². The van der Waals surface area contributed by atoms with E-state index in [9.17, 15) is 48.7 Å². The molecule has 1 amide bonds. The van der Waals surface area contributed by atoms with Crippen molar-refractivity contribution >= 4 is 23.2 Å². The fourth-order valence-corrected chi connectivity index (χ4v) is 1.47. The highest BCUT2D eigenvalue weighted by molar-refractivity contribution is 6.30. The van der Waals surface area contributed by atoms with Crippen molar-refractivity contribution in [1.82, 2.24) is 0 Å². The van der Waals surface area contributed by atoms with Crippen LogP contribution < -0.4 is 5.32 Å². The molecule has 1 rings (SSSR count). The van der Waals surface area contributed by atoms with Crippen molar-refractivity contribution in [2.24, 2.45) is 0 Å². The second-order valence-corrected chi connectivity index (χ2v) is 4.74. The third kappa shape index (κ3) is 3.23. The molecule has 0 aromatic heterocycles. The third-order valence-corrected chi connectivity index (χ3v) is 2.84. The van der Waals surface area contributed by atoms with Crippen molar-refractivity contribution < 1.29 is 48.7 Å². The van der Waals surface area contributed by atoms with Gasteiger partial charge >= 0.3 is 29.9 Å². The monoisotopic (exact) mass is 391 g/mol. The molecular formula is C11H4ClF10NO. The minimum atomic E-state index is -7.22. The number of benzene rings is 1. The van der Waals surface area contributed by atoms with Crippen LogP contribution in [0.15, 0.2) is 18.2 Å². The zero-order valence-corrected chi connectivity index (χ0v) is 11.6. The number of carbonyl (C=O) groups excluding carboxylic acids is 1. The standard InChI is InChI=1S/C11H4ClF10NO/c12-4-1-2-6(5(13)3-4)23-7(24)8(14,15)9(16,17)10(18,19)11(20,21)22/h1-3H,(H,23,24). The maximum atomic E-state index is 13.3. The SMILES string of the molecule is O=C(Nc1ccc(Cl)cc1F)C(F)(F)C(F)(F)C(F)(F)C(F)(F)F. The van der Waals surface area contributed by atoms with Gasteiger partial charge in [0.15, 0.2) is 0 Å². The molecule has 0 spiro atoms. The first-order valence-corrected chi connectivity index (χ1v) is 5.90. The summed E-state index contributed by atoms with van der Waals surface area (Å²) < 4.78 is 127. The van der Waals surface area contributed by atoms with Crippen LogP contribution in [0.3, 0.4) is 0 Å². The van der Waals surface area contributed by atoms with E-state index in [0.717, 1.165) is 11.4 Å². The molecule has 1 N–H and O–H groups in total. The van der Waals surface area contributed by atoms with Crippen molar-refractivity contribution in [1.29, 1.82) is 0 Å². The van der Waals surface area contributed by atoms with E-state index in [1.165, 1.54) is 0 Å². The number of rotatable bonds is 4. The fraction of sp³-hybridized carbons (Fsp3) is 0.364. The summed E-state index contributed by atoms with van der Waals surface area (Å²) in [4.78, 5) is 11.1. The molecule has 0 bridgehead atoms. The highest BCUT2D eigenvalue weighted by Crippen LogP contribution is 2.53. The maximum Gasteiger partial charge on any atom is 0.460 e. The average Bonchev–Trinajstić information content (AvgIpc) is 2.40. The minimum Gasteiger partial charge on any atom is -0.318 e. The fourth-order valence-electron chi connectivity index (χ4n) is 1.31. The van der Waals surface area contributed by atoms with Crippen LogP contribution in [-0.4, -0.2) is 29.9 Å². The minimum absolute atomic E-state index is 0.300. The highest BCUT2D eigenvalue weighted by Gasteiger charge is 2.83. The number of amides is 1. The summed E-state index contributed by atoms with van der Waals surface area (Å²) in [5.74, 6) is -25.7. The number of hydrogen-bond acceptors (Lipinski definition) is 1. The molecule has 136 valence electrons. The predicted molar refractivity (Wildman–Crippen MR) is 60.9 cm³/mol. The average molecular weight is 392 g/mol. The van der Waals surface area contributed by atoms with Crippen molar-refractivity contribution in [3.8, 4) is 0 Å². The van der Waals surface area contributed by atoms with Crippen molar-refractivity contribution in [2.45, 2.75) is 23.9 Å². The smallest absolute Gasteiger partial charge is 0.318 e. The van der Waals surface area contributed by atoms with Gasteiger partial charge in [-0.15, -0.1) is 0 Å². The van der Waals surface area contributed by atoms with E-state index in [1.54, 1.807) is 0 Å². The van der Waals surface area contributed by atoms with Gasteiger partial charge in [0, 0.05) is 5.02 Å². The first-order chi connectivity index (χ1) is 10.6. The van der Waals surface area contributed by atoms with E-state index in [1.807, 2.05) is 0 Å². The van der Waals surface area contributed by atoms with Crippen LogP contribution in [-0.2, 0) is 4.79 Å². The quantitative estimate of drug-likeness (QED) is 0.728. The van der Waals surface area contributed by atoms with Gasteiger partial charge in [-0.05, 0) is 18.2 Å². The molecule has 0 heterocycles. The Hall–Kier alpha value is -1.72. The van der Waals surface area contributed by atoms with Crippen molar-refractivity contribution in [2.75, 3.05) is 5.32 Å². The molecule has 24 heavy (non-hydrogen) atoms. The van der Waals surface area contributed by atoms with Gasteiger partial charge in [0.2, 0.25) is 0 Å². The van der Waals surface area contributed by atoms with E-state index in [4.69, 9.17) is 11.6 Å². The molecule has 0 aliphatic heterocycles. The first-order valence-electron chi connectivity index (χ1n) is 5.52. The molecule has 13 heteroatoms. The molecule has 0 radical (unpaired) electrons. The van der Waals surface area contributed by atoms with E-state index in [-0.39, 0.29) is 5.02 Å². The zero-order valence-electron chi connectivity index (χ0n) is 10.8. The Balaban J connectivity index is 3.20. The summed E-state index contributed by atoms with van der Waals surface area (Å²) in [6, 6.07) is 1.75. The van der Waals surface area contributed by atoms with Crippen molar-refractivity contribution in [3.05, 3.63) is 29.0 Å². The van der Waals surface area contributed by atoms with Gasteiger partial charge < -0.3 is 5.32 Å². The van der Waals surface area contributed by atoms with E-state index in [0.29, 0.717) is 12.1 Å². The number of hydrogen-bond donors (Lipinski definition) is 1. The molecule has 0 unspecified atom stereocenters. The lowest BCUT2D eigenvalue weighted by molar-refractivity contribution is -0.388. The third-order valence-electron chi connectivity index (χ3n) is 2.61. The highest BCUT2D eigenvalue weighted by atomic mass is 35.5. The van der Waals surface area contributed by atoms with Crippen LogP contribution in [0.2, 0.25) is 5.02 Å². The van der Waals surface area contributed by atoms with Gasteiger partial charge in [-0.1, -0.05) is 11.6 Å². The molecule has 0 fully saturated rings. The Kier molecular flexibility index (Phi) is 5.06. The topological polar surface area (TPSA) is 29.1 Å².